The van der Waals surface area contributed by atoms with E-state index in [4.69, 9.17) is 10.5 Å². The number of hydrogen-bond donors (Lipinski definition) is 1. The van der Waals surface area contributed by atoms with Crippen LogP contribution in [0.3, 0.4) is 0 Å². The molecule has 0 aromatic rings. The van der Waals surface area contributed by atoms with Gasteiger partial charge in [-0.15, -0.1) is 0 Å². The molecule has 0 radical (unpaired) electrons. The highest BCUT2D eigenvalue weighted by molar-refractivity contribution is 5.75. The van der Waals surface area contributed by atoms with Crippen LogP contribution in [0.15, 0.2) is 0 Å². The summed E-state index contributed by atoms with van der Waals surface area (Å²) in [6.45, 7) is 6.68. The fraction of sp³-hybridized carbons (Fsp3) is 0.917. The molecule has 0 aliphatic carbocycles. The maximum atomic E-state index is 11.4. The van der Waals surface area contributed by atoms with Crippen LogP contribution in [0, 0.1) is 5.92 Å². The van der Waals surface area contributed by atoms with Crippen LogP contribution in [0.4, 0.5) is 0 Å². The molecule has 90 valence electrons. The van der Waals surface area contributed by atoms with Crippen LogP contribution in [0.25, 0.3) is 0 Å². The maximum Gasteiger partial charge on any atom is 0.323 e. The third-order valence-corrected chi connectivity index (χ3v) is 2.77. The van der Waals surface area contributed by atoms with E-state index in [1.54, 1.807) is 0 Å². The molecule has 0 aromatic heterocycles. The Labute approximate surface area is 93.4 Å². The van der Waals surface area contributed by atoms with Crippen molar-refractivity contribution in [1.29, 1.82) is 0 Å². The van der Waals surface area contributed by atoms with Gasteiger partial charge < -0.3 is 10.5 Å². The predicted molar refractivity (Wildman–Crippen MR) is 62.5 cm³/mol. The molecule has 0 spiro atoms. The number of ether oxygens (including phenoxy) is 1. The molecule has 0 aliphatic rings. The summed E-state index contributed by atoms with van der Waals surface area (Å²) < 4.78 is 5.11. The molecule has 0 saturated carbocycles. The van der Waals surface area contributed by atoms with E-state index >= 15 is 0 Å². The Kier molecular flexibility index (Phi) is 8.38. The number of nitrogens with two attached hydrogens (primary N) is 1. The van der Waals surface area contributed by atoms with Crippen molar-refractivity contribution in [2.75, 3.05) is 6.61 Å². The van der Waals surface area contributed by atoms with Crippen LogP contribution in [0.5, 0.6) is 0 Å². The fourth-order valence-corrected chi connectivity index (χ4v) is 1.28. The van der Waals surface area contributed by atoms with E-state index in [2.05, 4.69) is 6.92 Å². The third-order valence-electron chi connectivity index (χ3n) is 2.77. The molecule has 0 aromatic carbocycles. The molecular formula is C12H25NO2. The summed E-state index contributed by atoms with van der Waals surface area (Å²) in [5.41, 5.74) is 5.74. The Morgan fingerprint density at radius 3 is 2.47 bits per heavy atom. The van der Waals surface area contributed by atoms with Gasteiger partial charge in [0.25, 0.3) is 0 Å². The monoisotopic (exact) mass is 215 g/mol. The van der Waals surface area contributed by atoms with Crippen molar-refractivity contribution in [2.24, 2.45) is 11.7 Å². The van der Waals surface area contributed by atoms with E-state index < -0.39 is 6.04 Å². The molecule has 0 saturated heterocycles. The summed E-state index contributed by atoms with van der Waals surface area (Å²) in [6.07, 6.45) is 5.39. The second-order valence-electron chi connectivity index (χ2n) is 4.14. The first-order valence-corrected chi connectivity index (χ1v) is 6.05. The highest BCUT2D eigenvalue weighted by atomic mass is 16.5. The minimum atomic E-state index is -0.457. The average molecular weight is 215 g/mol. The van der Waals surface area contributed by atoms with Gasteiger partial charge in [0, 0.05) is 0 Å². The number of unbranched alkanes of at least 4 members (excludes halogenated alkanes) is 3. The van der Waals surface area contributed by atoms with Crippen LogP contribution in [-0.4, -0.2) is 18.6 Å². The second-order valence-corrected chi connectivity index (χ2v) is 4.14. The molecule has 0 bridgehead atoms. The molecule has 1 unspecified atom stereocenters. The lowest BCUT2D eigenvalue weighted by molar-refractivity contribution is -0.146. The maximum absolute atomic E-state index is 11.4. The van der Waals surface area contributed by atoms with Crippen molar-refractivity contribution in [1.82, 2.24) is 0 Å². The summed E-state index contributed by atoms with van der Waals surface area (Å²) in [4.78, 5) is 11.4. The summed E-state index contributed by atoms with van der Waals surface area (Å²) in [5.74, 6) is -0.0472. The minimum Gasteiger partial charge on any atom is -0.465 e. The Balaban J connectivity index is 3.56. The average Bonchev–Trinajstić information content (AvgIpc) is 2.26. The summed E-state index contributed by atoms with van der Waals surface area (Å²) in [6, 6.07) is -0.457. The zero-order valence-corrected chi connectivity index (χ0v) is 10.3. The minimum absolute atomic E-state index is 0.202. The largest absolute Gasteiger partial charge is 0.465 e. The topological polar surface area (TPSA) is 52.3 Å². The van der Waals surface area contributed by atoms with Gasteiger partial charge in [0.1, 0.15) is 6.04 Å². The zero-order valence-electron chi connectivity index (χ0n) is 10.3. The Bertz CT molecular complexity index is 171. The van der Waals surface area contributed by atoms with E-state index in [0.29, 0.717) is 6.61 Å². The predicted octanol–water partition coefficient (Wildman–Crippen LogP) is 2.48. The molecule has 2 N–H and O–H groups in total. The summed E-state index contributed by atoms with van der Waals surface area (Å²) in [5, 5.41) is 0. The second kappa shape index (κ2) is 8.72. The first-order valence-electron chi connectivity index (χ1n) is 6.05. The van der Waals surface area contributed by atoms with Crippen LogP contribution < -0.4 is 5.73 Å². The molecule has 0 heterocycles. The Hall–Kier alpha value is -0.570. The normalized spacial score (nSPS) is 14.7. The lowest BCUT2D eigenvalue weighted by Crippen LogP contribution is -2.38. The zero-order chi connectivity index (χ0) is 11.7. The molecule has 15 heavy (non-hydrogen) atoms. The van der Waals surface area contributed by atoms with Crippen molar-refractivity contribution in [2.45, 2.75) is 58.9 Å². The van der Waals surface area contributed by atoms with E-state index in [9.17, 15) is 4.79 Å². The molecule has 0 fully saturated rings. The molecule has 3 heteroatoms. The Morgan fingerprint density at radius 1 is 1.27 bits per heavy atom. The van der Waals surface area contributed by atoms with E-state index in [-0.39, 0.29) is 11.9 Å². The van der Waals surface area contributed by atoms with Gasteiger partial charge in [-0.2, -0.15) is 0 Å². The van der Waals surface area contributed by atoms with Crippen molar-refractivity contribution < 1.29 is 9.53 Å². The molecule has 2 atom stereocenters. The van der Waals surface area contributed by atoms with Gasteiger partial charge in [0.15, 0.2) is 0 Å². The van der Waals surface area contributed by atoms with E-state index in [0.717, 1.165) is 19.3 Å². The fourth-order valence-electron chi connectivity index (χ4n) is 1.28. The van der Waals surface area contributed by atoms with Gasteiger partial charge in [0.05, 0.1) is 6.61 Å². The van der Waals surface area contributed by atoms with Gasteiger partial charge in [-0.25, -0.2) is 0 Å². The van der Waals surface area contributed by atoms with Gasteiger partial charge in [0.2, 0.25) is 0 Å². The number of hydrogen-bond acceptors (Lipinski definition) is 3. The van der Waals surface area contributed by atoms with E-state index in [1.165, 1.54) is 12.8 Å². The van der Waals surface area contributed by atoms with Gasteiger partial charge in [-0.05, 0) is 12.3 Å². The summed E-state index contributed by atoms with van der Waals surface area (Å²) >= 11 is 0. The van der Waals surface area contributed by atoms with Crippen molar-refractivity contribution in [3.05, 3.63) is 0 Å². The SMILES string of the molecule is CCCCCCOC(=O)[C@@H](N)C(C)CC. The molecule has 0 aliphatic heterocycles. The van der Waals surface area contributed by atoms with E-state index in [1.807, 2.05) is 13.8 Å². The smallest absolute Gasteiger partial charge is 0.323 e. The van der Waals surface area contributed by atoms with Gasteiger partial charge in [-0.3, -0.25) is 4.79 Å². The lowest BCUT2D eigenvalue weighted by atomic mass is 10.0. The van der Waals surface area contributed by atoms with Crippen LogP contribution in [-0.2, 0) is 9.53 Å². The number of rotatable bonds is 8. The standard InChI is InChI=1S/C12H25NO2/c1-4-6-7-8-9-15-12(14)11(13)10(3)5-2/h10-11H,4-9,13H2,1-3H3/t10?,11-/m0/s1. The number of esters is 1. The Morgan fingerprint density at radius 2 is 1.93 bits per heavy atom. The first-order chi connectivity index (χ1) is 7.13. The van der Waals surface area contributed by atoms with Gasteiger partial charge >= 0.3 is 5.97 Å². The number of carbonyl (C=O) groups is 1. The highest BCUT2D eigenvalue weighted by Gasteiger charge is 2.20. The van der Waals surface area contributed by atoms with Crippen LogP contribution >= 0.6 is 0 Å². The van der Waals surface area contributed by atoms with Crippen molar-refractivity contribution in [3.8, 4) is 0 Å². The number of carbonyl (C=O) groups excluding carboxylic acids is 1. The van der Waals surface area contributed by atoms with Crippen LogP contribution in [0.2, 0.25) is 0 Å². The molecular weight excluding hydrogens is 190 g/mol. The van der Waals surface area contributed by atoms with Crippen molar-refractivity contribution in [3.63, 3.8) is 0 Å². The highest BCUT2D eigenvalue weighted by Crippen LogP contribution is 2.07. The molecule has 3 nitrogen and oxygen atoms in total. The third kappa shape index (κ3) is 6.50. The molecule has 0 rings (SSSR count). The van der Waals surface area contributed by atoms with Crippen LogP contribution in [0.1, 0.15) is 52.9 Å². The van der Waals surface area contributed by atoms with Crippen molar-refractivity contribution >= 4 is 5.97 Å². The quantitative estimate of drug-likeness (QED) is 0.500. The van der Waals surface area contributed by atoms with Gasteiger partial charge in [-0.1, -0.05) is 46.5 Å². The summed E-state index contributed by atoms with van der Waals surface area (Å²) in [7, 11) is 0. The molecule has 0 amide bonds. The lowest BCUT2D eigenvalue weighted by Gasteiger charge is -2.16. The first kappa shape index (κ1) is 14.4.